The van der Waals surface area contributed by atoms with E-state index in [1.54, 1.807) is 47.4 Å². The fourth-order valence-electron chi connectivity index (χ4n) is 3.57. The van der Waals surface area contributed by atoms with Crippen molar-refractivity contribution in [1.29, 1.82) is 0 Å². The van der Waals surface area contributed by atoms with Crippen LogP contribution in [0.3, 0.4) is 0 Å². The third-order valence-electron chi connectivity index (χ3n) is 5.33. The van der Waals surface area contributed by atoms with Crippen molar-refractivity contribution in [1.82, 2.24) is 4.90 Å². The van der Waals surface area contributed by atoms with Crippen molar-refractivity contribution in [2.75, 3.05) is 31.1 Å². The summed E-state index contributed by atoms with van der Waals surface area (Å²) >= 11 is 5.85. The smallest absolute Gasteiger partial charge is 0.416 e. The Bertz CT molecular complexity index is 1160. The fraction of sp³-hybridized carbons (Fsp3) is 0.261. The van der Waals surface area contributed by atoms with Crippen LogP contribution in [0.5, 0.6) is 0 Å². The van der Waals surface area contributed by atoms with E-state index in [0.29, 0.717) is 47.5 Å². The summed E-state index contributed by atoms with van der Waals surface area (Å²) in [6.07, 6.45) is -4.40. The van der Waals surface area contributed by atoms with Crippen molar-refractivity contribution in [2.24, 2.45) is 0 Å². The number of benzene rings is 2. The molecule has 0 saturated carbocycles. The van der Waals surface area contributed by atoms with Crippen LogP contribution in [0.1, 0.15) is 21.9 Å². The highest BCUT2D eigenvalue weighted by atomic mass is 35.5. The van der Waals surface area contributed by atoms with Gasteiger partial charge in [0.25, 0.3) is 5.91 Å². The number of rotatable bonds is 5. The van der Waals surface area contributed by atoms with Crippen LogP contribution in [0, 0.1) is 0 Å². The number of hydrogen-bond donors (Lipinski definition) is 0. The van der Waals surface area contributed by atoms with E-state index in [-0.39, 0.29) is 17.4 Å². The van der Waals surface area contributed by atoms with Gasteiger partial charge in [-0.2, -0.15) is 13.2 Å². The topological polar surface area (TPSA) is 53.8 Å². The summed E-state index contributed by atoms with van der Waals surface area (Å²) in [6.45, 7) is 1.51. The minimum atomic E-state index is -4.40. The van der Waals surface area contributed by atoms with Crippen LogP contribution in [-0.2, 0) is 22.7 Å². The number of alkyl halides is 3. The van der Waals surface area contributed by atoms with E-state index in [4.69, 9.17) is 16.0 Å². The molecule has 1 amide bonds. The third kappa shape index (κ3) is 5.59. The summed E-state index contributed by atoms with van der Waals surface area (Å²) in [5.74, 6) is 0.389. The van der Waals surface area contributed by atoms with Gasteiger partial charge in [0.2, 0.25) is 0 Å². The minimum absolute atomic E-state index is 0.123. The van der Waals surface area contributed by atoms with Crippen molar-refractivity contribution in [3.8, 4) is 0 Å². The molecule has 10 heteroatoms. The maximum Gasteiger partial charge on any atom is 0.416 e. The Balaban J connectivity index is 1.35. The zero-order valence-corrected chi connectivity index (χ0v) is 18.9. The highest BCUT2D eigenvalue weighted by Crippen LogP contribution is 2.32. The second kappa shape index (κ2) is 9.61. The Morgan fingerprint density at radius 2 is 1.70 bits per heavy atom. The first-order valence-corrected chi connectivity index (χ1v) is 11.8. The lowest BCUT2D eigenvalue weighted by Gasteiger charge is -2.36. The molecule has 0 radical (unpaired) electrons. The molecular weight excluding hydrogens is 477 g/mol. The molecule has 4 rings (SSSR count). The Hall–Kier alpha value is -2.78. The van der Waals surface area contributed by atoms with Gasteiger partial charge in [-0.3, -0.25) is 9.00 Å². The van der Waals surface area contributed by atoms with E-state index in [0.717, 1.165) is 12.1 Å². The number of anilines is 1. The van der Waals surface area contributed by atoms with Crippen LogP contribution in [0.2, 0.25) is 5.02 Å². The first kappa shape index (κ1) is 23.4. The number of carbonyl (C=O) groups is 1. The second-order valence-electron chi connectivity index (χ2n) is 7.54. The quantitative estimate of drug-likeness (QED) is 0.486. The molecule has 1 aromatic heterocycles. The zero-order valence-electron chi connectivity index (χ0n) is 17.3. The van der Waals surface area contributed by atoms with E-state index in [1.165, 1.54) is 6.07 Å². The van der Waals surface area contributed by atoms with Crippen LogP contribution in [0.15, 0.2) is 70.0 Å². The van der Waals surface area contributed by atoms with E-state index in [9.17, 15) is 22.2 Å². The monoisotopic (exact) mass is 496 g/mol. The second-order valence-corrected chi connectivity index (χ2v) is 9.42. The van der Waals surface area contributed by atoms with Gasteiger partial charge >= 0.3 is 6.18 Å². The number of hydrogen-bond acceptors (Lipinski definition) is 4. The summed E-state index contributed by atoms with van der Waals surface area (Å²) in [5.41, 5.74) is -0.223. The van der Waals surface area contributed by atoms with Crippen LogP contribution < -0.4 is 4.90 Å². The van der Waals surface area contributed by atoms with Crippen LogP contribution >= 0.6 is 11.6 Å². The summed E-state index contributed by atoms with van der Waals surface area (Å²) in [4.78, 5) is 16.8. The molecule has 1 saturated heterocycles. The van der Waals surface area contributed by atoms with E-state index in [2.05, 4.69) is 0 Å². The first-order valence-electron chi connectivity index (χ1n) is 10.1. The number of amides is 1. The Kier molecular flexibility index (Phi) is 6.81. The molecule has 3 aromatic rings. The lowest BCUT2D eigenvalue weighted by molar-refractivity contribution is -0.137. The average molecular weight is 497 g/mol. The minimum Gasteiger partial charge on any atom is -0.455 e. The van der Waals surface area contributed by atoms with E-state index < -0.39 is 22.5 Å². The Morgan fingerprint density at radius 3 is 2.36 bits per heavy atom. The van der Waals surface area contributed by atoms with E-state index in [1.807, 2.05) is 4.90 Å². The summed E-state index contributed by atoms with van der Waals surface area (Å²) in [5, 5.41) is 0.551. The molecular formula is C23H20ClF3N2O3S. The molecule has 174 valence electrons. The lowest BCUT2D eigenvalue weighted by Crippen LogP contribution is -2.48. The third-order valence-corrected chi connectivity index (χ3v) is 6.92. The SMILES string of the molecule is O=C(c1ccc(C[S@](=O)c2ccc(Cl)cc2)o1)N1CCN(c2cccc(C(F)(F)F)c2)CC1. The molecule has 0 bridgehead atoms. The van der Waals surface area contributed by atoms with Crippen molar-refractivity contribution >= 4 is 34.0 Å². The Morgan fingerprint density at radius 1 is 1.00 bits per heavy atom. The zero-order chi connectivity index (χ0) is 23.6. The van der Waals surface area contributed by atoms with Gasteiger partial charge in [-0.25, -0.2) is 0 Å². The van der Waals surface area contributed by atoms with Crippen molar-refractivity contribution in [3.63, 3.8) is 0 Å². The van der Waals surface area contributed by atoms with Crippen LogP contribution in [0.25, 0.3) is 0 Å². The summed E-state index contributed by atoms with van der Waals surface area (Å²) < 4.78 is 57.1. The first-order chi connectivity index (χ1) is 15.7. The number of carbonyl (C=O) groups excluding carboxylic acids is 1. The summed E-state index contributed by atoms with van der Waals surface area (Å²) in [7, 11) is -1.35. The standard InChI is InChI=1S/C23H20ClF3N2O3S/c24-17-4-7-20(8-5-17)33(31)15-19-6-9-21(32-19)22(30)29-12-10-28(11-13-29)18-3-1-2-16(14-18)23(25,26)27/h1-9,14H,10-13,15H2/t33-/m0/s1. The van der Waals surface area contributed by atoms with Crippen molar-refractivity contribution in [2.45, 2.75) is 16.8 Å². The lowest BCUT2D eigenvalue weighted by atomic mass is 10.1. The van der Waals surface area contributed by atoms with Gasteiger partial charge in [0.15, 0.2) is 5.76 Å². The highest BCUT2D eigenvalue weighted by molar-refractivity contribution is 7.84. The van der Waals surface area contributed by atoms with Crippen molar-refractivity contribution < 1.29 is 26.6 Å². The maximum atomic E-state index is 13.0. The van der Waals surface area contributed by atoms with Gasteiger partial charge in [-0.15, -0.1) is 0 Å². The molecule has 1 aliphatic heterocycles. The molecule has 1 aliphatic rings. The summed E-state index contributed by atoms with van der Waals surface area (Å²) in [6, 6.07) is 15.0. The molecule has 0 spiro atoms. The highest BCUT2D eigenvalue weighted by Gasteiger charge is 2.31. The average Bonchev–Trinajstić information content (AvgIpc) is 3.27. The number of nitrogens with zero attached hydrogens (tertiary/aromatic N) is 2. The fourth-order valence-corrected chi connectivity index (χ4v) is 4.72. The van der Waals surface area contributed by atoms with Gasteiger partial charge in [-0.1, -0.05) is 17.7 Å². The van der Waals surface area contributed by atoms with Gasteiger partial charge in [-0.05, 0) is 54.6 Å². The Labute approximate surface area is 196 Å². The largest absolute Gasteiger partial charge is 0.455 e. The van der Waals surface area contributed by atoms with Crippen molar-refractivity contribution in [3.05, 3.63) is 82.8 Å². The molecule has 0 aliphatic carbocycles. The number of furan rings is 1. The predicted molar refractivity (Wildman–Crippen MR) is 120 cm³/mol. The van der Waals surface area contributed by atoms with Crippen LogP contribution in [-0.4, -0.2) is 41.2 Å². The van der Waals surface area contributed by atoms with Gasteiger partial charge in [0.05, 0.1) is 22.1 Å². The molecule has 5 nitrogen and oxygen atoms in total. The maximum absolute atomic E-state index is 13.0. The van der Waals surface area contributed by atoms with Gasteiger partial charge in [0, 0.05) is 41.8 Å². The van der Waals surface area contributed by atoms with Crippen LogP contribution in [0.4, 0.5) is 18.9 Å². The molecule has 1 fully saturated rings. The molecule has 0 N–H and O–H groups in total. The molecule has 33 heavy (non-hydrogen) atoms. The molecule has 0 unspecified atom stereocenters. The normalized spacial score (nSPS) is 15.5. The van der Waals surface area contributed by atoms with Gasteiger partial charge in [0.1, 0.15) is 5.76 Å². The predicted octanol–water partition coefficient (Wildman–Crippen LogP) is 5.22. The number of piperazine rings is 1. The van der Waals surface area contributed by atoms with Gasteiger partial charge < -0.3 is 14.2 Å². The molecule has 2 heterocycles. The molecule has 1 atom stereocenters. The number of halogens is 4. The van der Waals surface area contributed by atoms with E-state index >= 15 is 0 Å². The molecule has 2 aromatic carbocycles.